The normalized spacial score (nSPS) is 9.86. The van der Waals surface area contributed by atoms with Crippen molar-refractivity contribution < 1.29 is 4.79 Å². The Labute approximate surface area is 89.4 Å². The van der Waals surface area contributed by atoms with Gasteiger partial charge in [0.1, 0.15) is 0 Å². The van der Waals surface area contributed by atoms with Gasteiger partial charge in [-0.1, -0.05) is 29.8 Å². The molecule has 0 unspecified atom stereocenters. The van der Waals surface area contributed by atoms with Crippen LogP contribution in [0.25, 0.3) is 0 Å². The van der Waals surface area contributed by atoms with Crippen LogP contribution in [0.5, 0.6) is 0 Å². The van der Waals surface area contributed by atoms with Crippen LogP contribution in [0.4, 0.5) is 0 Å². The third-order valence-electron chi connectivity index (χ3n) is 2.07. The first kappa shape index (κ1) is 11.0. The maximum atomic E-state index is 11.6. The standard InChI is InChI=1S/C12H13ClO/c1-3-4-8-11(14)10-7-5-6-9(2)12(10)13/h3,5-7H,1,4,8H2,2H3. The molecule has 1 aromatic rings. The second-order valence-corrected chi connectivity index (χ2v) is 3.56. The lowest BCUT2D eigenvalue weighted by atomic mass is 10.0. The van der Waals surface area contributed by atoms with Crippen molar-refractivity contribution in [3.8, 4) is 0 Å². The van der Waals surface area contributed by atoms with Crippen LogP contribution in [0.3, 0.4) is 0 Å². The zero-order valence-electron chi connectivity index (χ0n) is 8.22. The topological polar surface area (TPSA) is 17.1 Å². The van der Waals surface area contributed by atoms with Crippen LogP contribution < -0.4 is 0 Å². The fourth-order valence-corrected chi connectivity index (χ4v) is 1.46. The average molecular weight is 209 g/mol. The molecule has 0 spiro atoms. The van der Waals surface area contributed by atoms with Gasteiger partial charge in [-0.25, -0.2) is 0 Å². The smallest absolute Gasteiger partial charge is 0.164 e. The van der Waals surface area contributed by atoms with Gasteiger partial charge < -0.3 is 0 Å². The molecule has 0 atom stereocenters. The van der Waals surface area contributed by atoms with E-state index in [0.29, 0.717) is 23.4 Å². The molecule has 1 aromatic carbocycles. The van der Waals surface area contributed by atoms with Gasteiger partial charge in [0.05, 0.1) is 5.02 Å². The summed E-state index contributed by atoms with van der Waals surface area (Å²) in [6.07, 6.45) is 2.91. The molecule has 1 nitrogen and oxygen atoms in total. The number of ketones is 1. The Kier molecular flexibility index (Phi) is 3.90. The summed E-state index contributed by atoms with van der Waals surface area (Å²) in [5, 5.41) is 0.571. The van der Waals surface area contributed by atoms with E-state index in [4.69, 9.17) is 11.6 Å². The molecule has 0 bridgehead atoms. The number of rotatable bonds is 4. The molecule has 74 valence electrons. The van der Waals surface area contributed by atoms with Gasteiger partial charge in [0, 0.05) is 12.0 Å². The van der Waals surface area contributed by atoms with E-state index in [-0.39, 0.29) is 5.78 Å². The lowest BCUT2D eigenvalue weighted by molar-refractivity contribution is 0.0984. The van der Waals surface area contributed by atoms with Gasteiger partial charge in [0.25, 0.3) is 0 Å². The van der Waals surface area contributed by atoms with Crippen LogP contribution in [0.1, 0.15) is 28.8 Å². The first-order valence-corrected chi connectivity index (χ1v) is 4.94. The van der Waals surface area contributed by atoms with Gasteiger partial charge in [-0.15, -0.1) is 6.58 Å². The van der Waals surface area contributed by atoms with Crippen molar-refractivity contribution in [3.63, 3.8) is 0 Å². The number of halogens is 1. The number of hydrogen-bond donors (Lipinski definition) is 0. The second kappa shape index (κ2) is 4.97. The minimum Gasteiger partial charge on any atom is -0.294 e. The minimum absolute atomic E-state index is 0.0820. The number of allylic oxidation sites excluding steroid dienone is 1. The Morgan fingerprint density at radius 1 is 1.57 bits per heavy atom. The Hall–Kier alpha value is -1.08. The lowest BCUT2D eigenvalue weighted by Crippen LogP contribution is -1.99. The third kappa shape index (κ3) is 2.46. The summed E-state index contributed by atoms with van der Waals surface area (Å²) in [5.74, 6) is 0.0820. The fraction of sp³-hybridized carbons (Fsp3) is 0.250. The van der Waals surface area contributed by atoms with Crippen LogP contribution in [-0.2, 0) is 0 Å². The van der Waals surface area contributed by atoms with E-state index in [1.54, 1.807) is 12.1 Å². The maximum absolute atomic E-state index is 11.6. The molecular weight excluding hydrogens is 196 g/mol. The summed E-state index contributed by atoms with van der Waals surface area (Å²) in [6.45, 7) is 5.48. The zero-order valence-corrected chi connectivity index (χ0v) is 8.97. The molecule has 0 fully saturated rings. The van der Waals surface area contributed by atoms with E-state index in [1.807, 2.05) is 19.1 Å². The number of carbonyl (C=O) groups is 1. The summed E-state index contributed by atoms with van der Waals surface area (Å²) >= 11 is 6.02. The molecular formula is C12H13ClO. The van der Waals surface area contributed by atoms with E-state index in [9.17, 15) is 4.79 Å². The van der Waals surface area contributed by atoms with Crippen molar-refractivity contribution >= 4 is 17.4 Å². The molecule has 0 saturated heterocycles. The van der Waals surface area contributed by atoms with Crippen LogP contribution >= 0.6 is 11.6 Å². The highest BCUT2D eigenvalue weighted by Crippen LogP contribution is 2.21. The highest BCUT2D eigenvalue weighted by atomic mass is 35.5. The van der Waals surface area contributed by atoms with Crippen molar-refractivity contribution in [2.24, 2.45) is 0 Å². The van der Waals surface area contributed by atoms with E-state index >= 15 is 0 Å². The summed E-state index contributed by atoms with van der Waals surface area (Å²) in [5.41, 5.74) is 1.56. The minimum atomic E-state index is 0.0820. The van der Waals surface area contributed by atoms with E-state index in [2.05, 4.69) is 6.58 Å². The summed E-state index contributed by atoms with van der Waals surface area (Å²) in [6, 6.07) is 5.51. The fourth-order valence-electron chi connectivity index (χ4n) is 1.23. The van der Waals surface area contributed by atoms with Crippen molar-refractivity contribution in [3.05, 3.63) is 47.0 Å². The quantitative estimate of drug-likeness (QED) is 0.544. The van der Waals surface area contributed by atoms with Gasteiger partial charge in [0.2, 0.25) is 0 Å². The van der Waals surface area contributed by atoms with E-state index < -0.39 is 0 Å². The molecule has 1 rings (SSSR count). The second-order valence-electron chi connectivity index (χ2n) is 3.19. The third-order valence-corrected chi connectivity index (χ3v) is 2.57. The highest BCUT2D eigenvalue weighted by Gasteiger charge is 2.10. The molecule has 0 aromatic heterocycles. The Balaban J connectivity index is 2.89. The Morgan fingerprint density at radius 2 is 2.29 bits per heavy atom. The maximum Gasteiger partial charge on any atom is 0.164 e. The molecule has 0 aliphatic carbocycles. The molecule has 0 radical (unpaired) electrons. The van der Waals surface area contributed by atoms with Gasteiger partial charge >= 0.3 is 0 Å². The first-order chi connectivity index (χ1) is 6.66. The predicted molar refractivity (Wildman–Crippen MR) is 60.0 cm³/mol. The SMILES string of the molecule is C=CCCC(=O)c1cccc(C)c1Cl. The monoisotopic (exact) mass is 208 g/mol. The molecule has 0 saturated carbocycles. The molecule has 0 aliphatic rings. The summed E-state index contributed by atoms with van der Waals surface area (Å²) < 4.78 is 0. The van der Waals surface area contributed by atoms with Gasteiger partial charge in [-0.2, -0.15) is 0 Å². The van der Waals surface area contributed by atoms with Gasteiger partial charge in [-0.05, 0) is 25.0 Å². The highest BCUT2D eigenvalue weighted by molar-refractivity contribution is 6.34. The molecule has 0 amide bonds. The lowest BCUT2D eigenvalue weighted by Gasteiger charge is -2.04. The van der Waals surface area contributed by atoms with E-state index in [0.717, 1.165) is 5.56 Å². The largest absolute Gasteiger partial charge is 0.294 e. The van der Waals surface area contributed by atoms with Crippen molar-refractivity contribution in [1.82, 2.24) is 0 Å². The van der Waals surface area contributed by atoms with Crippen LogP contribution in [0, 0.1) is 6.92 Å². The number of benzene rings is 1. The number of carbonyl (C=O) groups excluding carboxylic acids is 1. The number of aryl methyl sites for hydroxylation is 1. The summed E-state index contributed by atoms with van der Waals surface area (Å²) in [7, 11) is 0. The van der Waals surface area contributed by atoms with Crippen LogP contribution in [0.15, 0.2) is 30.9 Å². The predicted octanol–water partition coefficient (Wildman–Crippen LogP) is 3.80. The molecule has 0 heterocycles. The van der Waals surface area contributed by atoms with Crippen LogP contribution in [0.2, 0.25) is 5.02 Å². The number of Topliss-reactive ketones (excluding diaryl/α,β-unsaturated/α-hetero) is 1. The Bertz CT molecular complexity index is 355. The average Bonchev–Trinajstić information content (AvgIpc) is 2.18. The van der Waals surface area contributed by atoms with Crippen molar-refractivity contribution in [2.75, 3.05) is 0 Å². The van der Waals surface area contributed by atoms with Crippen LogP contribution in [-0.4, -0.2) is 5.78 Å². The van der Waals surface area contributed by atoms with Crippen molar-refractivity contribution in [1.29, 1.82) is 0 Å². The van der Waals surface area contributed by atoms with E-state index in [1.165, 1.54) is 0 Å². The van der Waals surface area contributed by atoms with Gasteiger partial charge in [0.15, 0.2) is 5.78 Å². The van der Waals surface area contributed by atoms with Gasteiger partial charge in [-0.3, -0.25) is 4.79 Å². The van der Waals surface area contributed by atoms with Crippen molar-refractivity contribution in [2.45, 2.75) is 19.8 Å². The molecule has 2 heteroatoms. The zero-order chi connectivity index (χ0) is 10.6. The molecule has 14 heavy (non-hydrogen) atoms. The Morgan fingerprint density at radius 3 is 2.93 bits per heavy atom. The molecule has 0 N–H and O–H groups in total. The number of hydrogen-bond acceptors (Lipinski definition) is 1. The summed E-state index contributed by atoms with van der Waals surface area (Å²) in [4.78, 5) is 11.6. The first-order valence-electron chi connectivity index (χ1n) is 4.56. The molecule has 0 aliphatic heterocycles.